The van der Waals surface area contributed by atoms with E-state index in [1.807, 2.05) is 0 Å². The minimum absolute atomic E-state index is 0.0314. The van der Waals surface area contributed by atoms with Crippen molar-refractivity contribution in [3.63, 3.8) is 0 Å². The van der Waals surface area contributed by atoms with E-state index in [-0.39, 0.29) is 15.9 Å². The van der Waals surface area contributed by atoms with Crippen molar-refractivity contribution in [3.05, 3.63) is 16.2 Å². The number of hydrogen-bond donors (Lipinski definition) is 1. The normalized spacial score (nSPS) is 17.6. The van der Waals surface area contributed by atoms with Gasteiger partial charge in [-0.25, -0.2) is 8.42 Å². The van der Waals surface area contributed by atoms with Gasteiger partial charge in [-0.3, -0.25) is 10.1 Å². The Bertz CT molecular complexity index is 662. The highest BCUT2D eigenvalue weighted by molar-refractivity contribution is 7.92. The fourth-order valence-corrected chi connectivity index (χ4v) is 4.76. The molecule has 0 aliphatic carbocycles. The molecule has 1 N–H and O–H groups in total. The molecule has 0 aromatic carbocycles. The second kappa shape index (κ2) is 7.14. The van der Waals surface area contributed by atoms with E-state index in [4.69, 9.17) is 0 Å². The Labute approximate surface area is 140 Å². The Morgan fingerprint density at radius 1 is 1.43 bits per heavy atom. The van der Waals surface area contributed by atoms with Crippen LogP contribution in [0.25, 0.3) is 0 Å². The monoisotopic (exact) mass is 361 g/mol. The van der Waals surface area contributed by atoms with E-state index in [9.17, 15) is 18.5 Å². The molecule has 1 aromatic rings. The van der Waals surface area contributed by atoms with Crippen LogP contribution in [0.5, 0.6) is 0 Å². The first-order valence-corrected chi connectivity index (χ1v) is 10.3. The van der Waals surface area contributed by atoms with E-state index < -0.39 is 14.8 Å². The Morgan fingerprint density at radius 2 is 2.04 bits per heavy atom. The molecule has 0 atom stereocenters. The number of nitrogens with one attached hydrogen (secondary N) is 1. The van der Waals surface area contributed by atoms with Crippen LogP contribution in [0, 0.1) is 16.0 Å². The zero-order chi connectivity index (χ0) is 17.2. The molecule has 1 fully saturated rings. The minimum Gasteiger partial charge on any atom is -0.368 e. The van der Waals surface area contributed by atoms with Crippen LogP contribution in [-0.2, 0) is 9.84 Å². The number of likely N-dealkylation sites (tertiary alicyclic amines) is 1. The van der Waals surface area contributed by atoms with Crippen molar-refractivity contribution in [1.82, 2.24) is 4.90 Å². The lowest BCUT2D eigenvalue weighted by Crippen LogP contribution is -2.40. The SMILES string of the molecule is CC(C)CN1CCC(Nc2sc(S(C)(=O)=O)cc2[N+](=O)[O-])CC1. The summed E-state index contributed by atoms with van der Waals surface area (Å²) in [4.78, 5) is 13.0. The summed E-state index contributed by atoms with van der Waals surface area (Å²) in [7, 11) is -3.44. The molecule has 1 aliphatic rings. The van der Waals surface area contributed by atoms with Crippen molar-refractivity contribution >= 4 is 31.9 Å². The molecule has 7 nitrogen and oxygen atoms in total. The molecule has 0 saturated carbocycles. The fraction of sp³-hybridized carbons (Fsp3) is 0.714. The number of hydrogen-bond acceptors (Lipinski definition) is 7. The van der Waals surface area contributed by atoms with Crippen LogP contribution in [0.4, 0.5) is 10.7 Å². The number of sulfone groups is 1. The second-order valence-electron chi connectivity index (χ2n) is 6.42. The topological polar surface area (TPSA) is 92.6 Å². The zero-order valence-electron chi connectivity index (χ0n) is 13.6. The Kier molecular flexibility index (Phi) is 5.64. The maximum absolute atomic E-state index is 11.6. The predicted octanol–water partition coefficient (Wildman–Crippen LogP) is 2.59. The highest BCUT2D eigenvalue weighted by Gasteiger charge is 2.27. The van der Waals surface area contributed by atoms with Gasteiger partial charge in [-0.1, -0.05) is 25.2 Å². The van der Waals surface area contributed by atoms with Gasteiger partial charge >= 0.3 is 5.69 Å². The van der Waals surface area contributed by atoms with E-state index in [0.29, 0.717) is 10.9 Å². The molecule has 1 aromatic heterocycles. The van der Waals surface area contributed by atoms with E-state index in [1.54, 1.807) is 0 Å². The third-order valence-electron chi connectivity index (χ3n) is 3.80. The van der Waals surface area contributed by atoms with E-state index >= 15 is 0 Å². The summed E-state index contributed by atoms with van der Waals surface area (Å²) < 4.78 is 23.3. The summed E-state index contributed by atoms with van der Waals surface area (Å²) in [5, 5.41) is 14.7. The molecule has 9 heteroatoms. The lowest BCUT2D eigenvalue weighted by molar-refractivity contribution is -0.383. The van der Waals surface area contributed by atoms with Crippen LogP contribution in [0.2, 0.25) is 0 Å². The minimum atomic E-state index is -3.44. The van der Waals surface area contributed by atoms with Crippen molar-refractivity contribution in [3.8, 4) is 0 Å². The van der Waals surface area contributed by atoms with Gasteiger partial charge in [0.2, 0.25) is 0 Å². The summed E-state index contributed by atoms with van der Waals surface area (Å²) in [6.07, 6.45) is 2.86. The van der Waals surface area contributed by atoms with Crippen LogP contribution in [-0.4, -0.2) is 50.2 Å². The third kappa shape index (κ3) is 4.89. The molecule has 23 heavy (non-hydrogen) atoms. The Morgan fingerprint density at radius 3 is 2.52 bits per heavy atom. The molecule has 0 radical (unpaired) electrons. The molecule has 0 unspecified atom stereocenters. The molecule has 2 heterocycles. The maximum atomic E-state index is 11.6. The summed E-state index contributed by atoms with van der Waals surface area (Å²) in [5.74, 6) is 0.621. The molecule has 0 bridgehead atoms. The summed E-state index contributed by atoms with van der Waals surface area (Å²) in [5.41, 5.74) is -0.153. The van der Waals surface area contributed by atoms with Gasteiger partial charge in [0.1, 0.15) is 4.21 Å². The van der Waals surface area contributed by atoms with Crippen molar-refractivity contribution in [2.45, 2.75) is 36.9 Å². The van der Waals surface area contributed by atoms with Gasteiger partial charge in [0.25, 0.3) is 0 Å². The van der Waals surface area contributed by atoms with E-state index in [1.165, 1.54) is 0 Å². The molecule has 0 amide bonds. The first kappa shape index (κ1) is 18.2. The largest absolute Gasteiger partial charge is 0.368 e. The maximum Gasteiger partial charge on any atom is 0.304 e. The molecular formula is C14H23N3O4S2. The highest BCUT2D eigenvalue weighted by atomic mass is 32.2. The molecular weight excluding hydrogens is 338 g/mol. The third-order valence-corrected chi connectivity index (χ3v) is 6.66. The molecule has 1 aliphatic heterocycles. The molecule has 2 rings (SSSR count). The standard InChI is InChI=1S/C14H23N3O4S2/c1-10(2)9-16-6-4-11(5-7-16)15-14-12(17(18)19)8-13(22-14)23(3,20)21/h8,10-11,15H,4-7,9H2,1-3H3. The Balaban J connectivity index is 2.06. The zero-order valence-corrected chi connectivity index (χ0v) is 15.2. The number of piperidine rings is 1. The number of rotatable bonds is 6. The lowest BCUT2D eigenvalue weighted by atomic mass is 10.0. The number of thiophene rings is 1. The van der Waals surface area contributed by atoms with Crippen molar-refractivity contribution in [2.75, 3.05) is 31.2 Å². The quantitative estimate of drug-likeness (QED) is 0.618. The highest BCUT2D eigenvalue weighted by Crippen LogP contribution is 2.38. The van der Waals surface area contributed by atoms with Gasteiger partial charge < -0.3 is 10.2 Å². The lowest BCUT2D eigenvalue weighted by Gasteiger charge is -2.33. The molecule has 1 saturated heterocycles. The average molecular weight is 361 g/mol. The number of nitrogens with zero attached hydrogens (tertiary/aromatic N) is 2. The predicted molar refractivity (Wildman–Crippen MR) is 92.0 cm³/mol. The number of nitro groups is 1. The summed E-state index contributed by atoms with van der Waals surface area (Å²) in [6.45, 7) is 7.34. The number of anilines is 1. The van der Waals surface area contributed by atoms with Crippen LogP contribution in [0.3, 0.4) is 0 Å². The van der Waals surface area contributed by atoms with Gasteiger partial charge in [-0.05, 0) is 18.8 Å². The van der Waals surface area contributed by atoms with Crippen LogP contribution >= 0.6 is 11.3 Å². The van der Waals surface area contributed by atoms with Gasteiger partial charge in [0.05, 0.1) is 4.92 Å². The summed E-state index contributed by atoms with van der Waals surface area (Å²) >= 11 is 0.946. The van der Waals surface area contributed by atoms with Crippen LogP contribution < -0.4 is 5.32 Å². The van der Waals surface area contributed by atoms with E-state index in [2.05, 4.69) is 24.1 Å². The Hall–Kier alpha value is -1.19. The first-order chi connectivity index (χ1) is 10.7. The van der Waals surface area contributed by atoms with Crippen molar-refractivity contribution in [1.29, 1.82) is 0 Å². The smallest absolute Gasteiger partial charge is 0.304 e. The van der Waals surface area contributed by atoms with Gasteiger partial charge in [0, 0.05) is 38.0 Å². The van der Waals surface area contributed by atoms with Gasteiger partial charge in [-0.2, -0.15) is 0 Å². The first-order valence-electron chi connectivity index (χ1n) is 7.64. The fourth-order valence-electron chi connectivity index (χ4n) is 2.74. The van der Waals surface area contributed by atoms with Gasteiger partial charge in [-0.15, -0.1) is 0 Å². The van der Waals surface area contributed by atoms with Crippen LogP contribution in [0.1, 0.15) is 26.7 Å². The van der Waals surface area contributed by atoms with Crippen LogP contribution in [0.15, 0.2) is 10.3 Å². The second-order valence-corrected chi connectivity index (χ2v) is 9.72. The van der Waals surface area contributed by atoms with Crippen molar-refractivity contribution in [2.24, 2.45) is 5.92 Å². The van der Waals surface area contributed by atoms with E-state index in [0.717, 1.165) is 56.1 Å². The summed E-state index contributed by atoms with van der Waals surface area (Å²) in [6, 6.07) is 1.29. The van der Waals surface area contributed by atoms with Crippen molar-refractivity contribution < 1.29 is 13.3 Å². The molecule has 0 spiro atoms. The van der Waals surface area contributed by atoms with Gasteiger partial charge in [0.15, 0.2) is 14.8 Å². The molecule has 130 valence electrons. The average Bonchev–Trinajstić information content (AvgIpc) is 2.84.